The molecule has 0 heterocycles. The first-order valence-corrected chi connectivity index (χ1v) is 13.6. The van der Waals surface area contributed by atoms with Crippen LogP contribution in [0.15, 0.2) is 78.9 Å². The monoisotopic (exact) mass is 528 g/mol. The lowest BCUT2D eigenvalue weighted by Gasteiger charge is -2.31. The number of nitrogens with one attached hydrogen (secondary N) is 1. The summed E-state index contributed by atoms with van der Waals surface area (Å²) in [6, 6.07) is 24.5. The fraction of sp³-hybridized carbons (Fsp3) is 0.286. The summed E-state index contributed by atoms with van der Waals surface area (Å²) in [6.07, 6.45) is 1.24. The third-order valence-electron chi connectivity index (χ3n) is 5.49. The number of carbonyl (C=O) groups excluding carboxylic acids is 2. The van der Waals surface area contributed by atoms with Gasteiger partial charge >= 0.3 is 0 Å². The Balaban J connectivity index is 1.85. The summed E-state index contributed by atoms with van der Waals surface area (Å²) in [5.74, 6) is 0.739. The Morgan fingerprint density at radius 3 is 2.17 bits per heavy atom. The fourth-order valence-corrected chi connectivity index (χ4v) is 4.86. The van der Waals surface area contributed by atoms with Crippen LogP contribution in [0.1, 0.15) is 30.0 Å². The number of hydrogen-bond acceptors (Lipinski definition) is 3. The lowest BCUT2D eigenvalue weighted by molar-refractivity contribution is -0.139. The van der Waals surface area contributed by atoms with Gasteiger partial charge in [0.25, 0.3) is 0 Å². The first-order valence-electron chi connectivity index (χ1n) is 11.6. The summed E-state index contributed by atoms with van der Waals surface area (Å²) < 4.78 is 0. The lowest BCUT2D eigenvalue weighted by atomic mass is 10.0. The molecule has 184 valence electrons. The molecule has 0 fully saturated rings. The van der Waals surface area contributed by atoms with Crippen LogP contribution in [0.5, 0.6) is 0 Å². The number of halogens is 2. The van der Waals surface area contributed by atoms with Gasteiger partial charge in [0.1, 0.15) is 6.04 Å². The molecular formula is C28H30Cl2N2O2S. The van der Waals surface area contributed by atoms with E-state index in [0.717, 1.165) is 28.9 Å². The summed E-state index contributed by atoms with van der Waals surface area (Å²) in [5.41, 5.74) is 2.97. The lowest BCUT2D eigenvalue weighted by Crippen LogP contribution is -2.51. The molecule has 7 heteroatoms. The third-order valence-corrected chi connectivity index (χ3v) is 7.22. The standard InChI is InChI=1S/C28H30Cl2N2O2S/c1-2-15-31-28(34)26(17-21-9-5-3-6-10-21)32(18-23-13-14-24(29)25(30)16-23)27(33)20-35-19-22-11-7-4-8-12-22/h3-14,16,26H,2,15,17-20H2,1H3,(H,31,34)/t26-/m0/s1. The number of thioether (sulfide) groups is 1. The predicted octanol–water partition coefficient (Wildman–Crippen LogP) is 6.39. The minimum absolute atomic E-state index is 0.0930. The van der Waals surface area contributed by atoms with Crippen LogP contribution in [-0.2, 0) is 28.3 Å². The van der Waals surface area contributed by atoms with Crippen molar-refractivity contribution in [2.24, 2.45) is 0 Å². The first kappa shape index (κ1) is 27.1. The van der Waals surface area contributed by atoms with Crippen LogP contribution < -0.4 is 5.32 Å². The van der Waals surface area contributed by atoms with Crippen LogP contribution in [0.3, 0.4) is 0 Å². The van der Waals surface area contributed by atoms with Gasteiger partial charge in [-0.2, -0.15) is 0 Å². The Morgan fingerprint density at radius 2 is 1.54 bits per heavy atom. The van der Waals surface area contributed by atoms with E-state index in [0.29, 0.717) is 23.0 Å². The molecule has 1 atom stereocenters. The van der Waals surface area contributed by atoms with Crippen molar-refractivity contribution >= 4 is 46.8 Å². The summed E-state index contributed by atoms with van der Waals surface area (Å²) in [7, 11) is 0. The summed E-state index contributed by atoms with van der Waals surface area (Å²) in [6.45, 7) is 2.83. The molecule has 2 amide bonds. The third kappa shape index (κ3) is 8.60. The van der Waals surface area contributed by atoms with E-state index in [1.165, 1.54) is 0 Å². The average molecular weight is 530 g/mol. The maximum atomic E-state index is 13.6. The molecule has 0 saturated heterocycles. The zero-order chi connectivity index (χ0) is 25.0. The Bertz CT molecular complexity index is 1100. The van der Waals surface area contributed by atoms with E-state index in [1.54, 1.807) is 28.8 Å². The minimum Gasteiger partial charge on any atom is -0.354 e. The van der Waals surface area contributed by atoms with Crippen molar-refractivity contribution in [1.29, 1.82) is 0 Å². The van der Waals surface area contributed by atoms with Crippen LogP contribution in [-0.4, -0.2) is 35.1 Å². The fourth-order valence-electron chi connectivity index (χ4n) is 3.67. The molecule has 0 unspecified atom stereocenters. The molecule has 1 N–H and O–H groups in total. The Labute approximate surface area is 222 Å². The molecule has 0 radical (unpaired) electrons. The summed E-state index contributed by atoms with van der Waals surface area (Å²) >= 11 is 13.9. The van der Waals surface area contributed by atoms with Gasteiger partial charge in [-0.05, 0) is 35.2 Å². The highest BCUT2D eigenvalue weighted by Gasteiger charge is 2.30. The first-order chi connectivity index (χ1) is 17.0. The summed E-state index contributed by atoms with van der Waals surface area (Å²) in [5, 5.41) is 3.86. The van der Waals surface area contributed by atoms with Gasteiger partial charge < -0.3 is 10.2 Å². The maximum Gasteiger partial charge on any atom is 0.243 e. The molecule has 3 aromatic carbocycles. The highest BCUT2D eigenvalue weighted by atomic mass is 35.5. The molecule has 0 aromatic heterocycles. The van der Waals surface area contributed by atoms with Crippen LogP contribution in [0.2, 0.25) is 10.0 Å². The normalized spacial score (nSPS) is 11.6. The topological polar surface area (TPSA) is 49.4 Å². The van der Waals surface area contributed by atoms with Crippen molar-refractivity contribution in [3.8, 4) is 0 Å². The predicted molar refractivity (Wildman–Crippen MR) is 147 cm³/mol. The van der Waals surface area contributed by atoms with Gasteiger partial charge in [0.2, 0.25) is 11.8 Å². The molecule has 4 nitrogen and oxygen atoms in total. The largest absolute Gasteiger partial charge is 0.354 e. The number of rotatable bonds is 12. The Morgan fingerprint density at radius 1 is 0.886 bits per heavy atom. The zero-order valence-electron chi connectivity index (χ0n) is 19.8. The van der Waals surface area contributed by atoms with E-state index in [2.05, 4.69) is 5.32 Å². The minimum atomic E-state index is -0.650. The van der Waals surface area contributed by atoms with E-state index in [9.17, 15) is 9.59 Å². The van der Waals surface area contributed by atoms with Crippen LogP contribution in [0.25, 0.3) is 0 Å². The molecule has 3 rings (SSSR count). The highest BCUT2D eigenvalue weighted by molar-refractivity contribution is 7.99. The Hall–Kier alpha value is -2.47. The van der Waals surface area contributed by atoms with E-state index in [4.69, 9.17) is 23.2 Å². The average Bonchev–Trinajstić information content (AvgIpc) is 2.88. The van der Waals surface area contributed by atoms with Crippen molar-refractivity contribution in [2.75, 3.05) is 12.3 Å². The number of benzene rings is 3. The molecule has 0 saturated carbocycles. The molecule has 0 bridgehead atoms. The van der Waals surface area contributed by atoms with E-state index in [1.807, 2.05) is 73.7 Å². The quantitative estimate of drug-likeness (QED) is 0.296. The highest BCUT2D eigenvalue weighted by Crippen LogP contribution is 2.25. The molecule has 0 aliphatic rings. The number of amides is 2. The van der Waals surface area contributed by atoms with E-state index >= 15 is 0 Å². The van der Waals surface area contributed by atoms with Crippen molar-refractivity contribution in [3.63, 3.8) is 0 Å². The van der Waals surface area contributed by atoms with Gasteiger partial charge in [-0.1, -0.05) is 96.9 Å². The summed E-state index contributed by atoms with van der Waals surface area (Å²) in [4.78, 5) is 28.5. The van der Waals surface area contributed by atoms with Gasteiger partial charge in [-0.25, -0.2) is 0 Å². The SMILES string of the molecule is CCCNC(=O)[C@H](Cc1ccccc1)N(Cc1ccc(Cl)c(Cl)c1)C(=O)CSCc1ccccc1. The Kier molecular flexibility index (Phi) is 11.0. The molecular weight excluding hydrogens is 499 g/mol. The second-order valence-corrected chi connectivity index (χ2v) is 10.0. The van der Waals surface area contributed by atoms with Gasteiger partial charge in [0.05, 0.1) is 15.8 Å². The van der Waals surface area contributed by atoms with Crippen molar-refractivity contribution in [3.05, 3.63) is 106 Å². The van der Waals surface area contributed by atoms with Gasteiger partial charge in [-0.15, -0.1) is 11.8 Å². The zero-order valence-corrected chi connectivity index (χ0v) is 22.1. The number of nitrogens with zero attached hydrogens (tertiary/aromatic N) is 1. The molecule has 0 aliphatic heterocycles. The smallest absolute Gasteiger partial charge is 0.243 e. The van der Waals surface area contributed by atoms with Crippen LogP contribution in [0.4, 0.5) is 0 Å². The van der Waals surface area contributed by atoms with Crippen LogP contribution >= 0.6 is 35.0 Å². The molecule has 35 heavy (non-hydrogen) atoms. The second-order valence-electron chi connectivity index (χ2n) is 8.25. The van der Waals surface area contributed by atoms with Gasteiger partial charge in [0, 0.05) is 25.3 Å². The van der Waals surface area contributed by atoms with Crippen molar-refractivity contribution < 1.29 is 9.59 Å². The van der Waals surface area contributed by atoms with Crippen molar-refractivity contribution in [1.82, 2.24) is 10.2 Å². The van der Waals surface area contributed by atoms with E-state index in [-0.39, 0.29) is 24.1 Å². The number of hydrogen-bond donors (Lipinski definition) is 1. The van der Waals surface area contributed by atoms with Crippen LogP contribution in [0, 0.1) is 0 Å². The molecule has 0 spiro atoms. The van der Waals surface area contributed by atoms with Gasteiger partial charge in [-0.3, -0.25) is 9.59 Å². The maximum absolute atomic E-state index is 13.6. The second kappa shape index (κ2) is 14.2. The van der Waals surface area contributed by atoms with E-state index < -0.39 is 6.04 Å². The molecule has 0 aliphatic carbocycles. The van der Waals surface area contributed by atoms with Gasteiger partial charge in [0.15, 0.2) is 0 Å². The number of carbonyl (C=O) groups is 2. The van der Waals surface area contributed by atoms with Crippen molar-refractivity contribution in [2.45, 2.75) is 38.1 Å². The molecule has 3 aromatic rings.